The third kappa shape index (κ3) is 4.54. The minimum Gasteiger partial charge on any atom is -0.487 e. The number of rotatable bonds is 7. The van der Waals surface area contributed by atoms with Crippen LogP contribution in [-0.2, 0) is 32.6 Å². The van der Waals surface area contributed by atoms with Gasteiger partial charge in [-0.1, -0.05) is 48.5 Å². The molecule has 8 nitrogen and oxygen atoms in total. The molecule has 4 aromatic rings. The lowest BCUT2D eigenvalue weighted by Gasteiger charge is -2.27. The molecule has 1 aromatic heterocycles. The molecule has 2 heterocycles. The van der Waals surface area contributed by atoms with Gasteiger partial charge in [0.1, 0.15) is 19.0 Å². The summed E-state index contributed by atoms with van der Waals surface area (Å²) >= 11 is 0. The van der Waals surface area contributed by atoms with Crippen LogP contribution in [0.2, 0.25) is 0 Å². The Morgan fingerprint density at radius 3 is 2.29 bits per heavy atom. The lowest BCUT2D eigenvalue weighted by atomic mass is 10.0. The molecule has 1 aliphatic heterocycles. The van der Waals surface area contributed by atoms with E-state index in [9.17, 15) is 18.0 Å². The van der Waals surface area contributed by atoms with Crippen LogP contribution in [0.3, 0.4) is 0 Å². The zero-order valence-corrected chi connectivity index (χ0v) is 22.2. The van der Waals surface area contributed by atoms with Crippen LogP contribution in [0.15, 0.2) is 77.8 Å². The average molecular weight is 533 g/mol. The molecule has 9 heteroatoms. The second kappa shape index (κ2) is 9.98. The zero-order chi connectivity index (χ0) is 27.0. The monoisotopic (exact) mass is 532 g/mol. The fraction of sp³-hybridized carbons (Fsp3) is 0.241. The van der Waals surface area contributed by atoms with E-state index in [2.05, 4.69) is 0 Å². The van der Waals surface area contributed by atoms with E-state index in [1.807, 2.05) is 37.3 Å². The van der Waals surface area contributed by atoms with Gasteiger partial charge in [-0.2, -0.15) is 0 Å². The second-order valence-electron chi connectivity index (χ2n) is 9.35. The average Bonchev–Trinajstić information content (AvgIpc) is 3.45. The van der Waals surface area contributed by atoms with Gasteiger partial charge >= 0.3 is 5.97 Å². The number of benzene rings is 3. The molecule has 1 aliphatic rings. The molecule has 1 atom stereocenters. The number of nitrogens with zero attached hydrogens (tertiary/aromatic N) is 2. The van der Waals surface area contributed by atoms with Crippen LogP contribution in [0.25, 0.3) is 10.9 Å². The first-order valence-corrected chi connectivity index (χ1v) is 13.7. The van der Waals surface area contributed by atoms with Gasteiger partial charge in [-0.05, 0) is 35.7 Å². The number of carbonyl (C=O) groups is 2. The number of fused-ring (bicyclic) bond motifs is 3. The van der Waals surface area contributed by atoms with Gasteiger partial charge in [-0.25, -0.2) is 8.42 Å². The van der Waals surface area contributed by atoms with Crippen LogP contribution in [0.5, 0.6) is 5.75 Å². The molecule has 0 fully saturated rings. The van der Waals surface area contributed by atoms with E-state index in [-0.39, 0.29) is 24.0 Å². The molecule has 0 amide bonds. The number of hydrogen-bond donors (Lipinski definition) is 0. The number of carbonyl (C=O) groups excluding carboxylic acids is 2. The molecule has 3 aromatic carbocycles. The lowest BCUT2D eigenvalue weighted by molar-refractivity contribution is -0.141. The number of anilines is 1. The number of aromatic nitrogens is 1. The van der Waals surface area contributed by atoms with Gasteiger partial charge in [0, 0.05) is 37.9 Å². The van der Waals surface area contributed by atoms with Gasteiger partial charge in [-0.15, -0.1) is 0 Å². The highest BCUT2D eigenvalue weighted by molar-refractivity contribution is 7.92. The van der Waals surface area contributed by atoms with Crippen molar-refractivity contribution in [3.63, 3.8) is 0 Å². The quantitative estimate of drug-likeness (QED) is 0.315. The smallest absolute Gasteiger partial charge is 0.302 e. The number of sulfonamides is 1. The van der Waals surface area contributed by atoms with Crippen molar-refractivity contribution in [1.82, 2.24) is 4.57 Å². The Morgan fingerprint density at radius 1 is 1.00 bits per heavy atom. The Hall–Kier alpha value is -4.11. The van der Waals surface area contributed by atoms with Crippen molar-refractivity contribution >= 4 is 38.5 Å². The van der Waals surface area contributed by atoms with Crippen LogP contribution < -0.4 is 9.04 Å². The third-order valence-electron chi connectivity index (χ3n) is 6.67. The first-order valence-electron chi connectivity index (χ1n) is 12.3. The predicted molar refractivity (Wildman–Crippen MR) is 144 cm³/mol. The minimum absolute atomic E-state index is 0.107. The largest absolute Gasteiger partial charge is 0.487 e. The molecule has 0 N–H and O–H groups in total. The maximum Gasteiger partial charge on any atom is 0.302 e. The molecule has 38 heavy (non-hydrogen) atoms. The van der Waals surface area contributed by atoms with E-state index >= 15 is 0 Å². The van der Waals surface area contributed by atoms with Gasteiger partial charge in [0.25, 0.3) is 10.0 Å². The Labute approximate surface area is 221 Å². The summed E-state index contributed by atoms with van der Waals surface area (Å²) in [6.07, 6.45) is 2.06. The Kier molecular flexibility index (Phi) is 6.71. The molecular formula is C29H28N2O6S. The van der Waals surface area contributed by atoms with Crippen LogP contribution in [-0.4, -0.2) is 37.5 Å². The Morgan fingerprint density at radius 2 is 1.66 bits per heavy atom. The van der Waals surface area contributed by atoms with Crippen LogP contribution in [0, 0.1) is 6.92 Å². The van der Waals surface area contributed by atoms with E-state index in [0.29, 0.717) is 23.4 Å². The van der Waals surface area contributed by atoms with Crippen molar-refractivity contribution in [2.45, 2.75) is 44.7 Å². The number of hydrogen-bond acceptors (Lipinski definition) is 6. The maximum absolute atomic E-state index is 14.0. The summed E-state index contributed by atoms with van der Waals surface area (Å²) in [5.41, 5.74) is 3.56. The maximum atomic E-state index is 14.0. The first kappa shape index (κ1) is 25.5. The fourth-order valence-corrected chi connectivity index (χ4v) is 6.72. The van der Waals surface area contributed by atoms with E-state index in [1.165, 1.54) is 18.2 Å². The van der Waals surface area contributed by atoms with Gasteiger partial charge in [0.2, 0.25) is 5.91 Å². The van der Waals surface area contributed by atoms with E-state index in [0.717, 1.165) is 22.1 Å². The molecule has 0 saturated heterocycles. The second-order valence-corrected chi connectivity index (χ2v) is 11.2. The van der Waals surface area contributed by atoms with Crippen molar-refractivity contribution in [2.75, 3.05) is 10.9 Å². The molecule has 0 radical (unpaired) electrons. The Balaban J connectivity index is 1.71. The van der Waals surface area contributed by atoms with Crippen molar-refractivity contribution < 1.29 is 27.5 Å². The molecule has 1 unspecified atom stereocenters. The van der Waals surface area contributed by atoms with Crippen molar-refractivity contribution in [2.24, 2.45) is 0 Å². The number of aryl methyl sites for hydroxylation is 1. The predicted octanol–water partition coefficient (Wildman–Crippen LogP) is 4.87. The summed E-state index contributed by atoms with van der Waals surface area (Å²) in [5.74, 6) is -0.280. The topological polar surface area (TPSA) is 94.9 Å². The van der Waals surface area contributed by atoms with E-state index < -0.39 is 22.0 Å². The van der Waals surface area contributed by atoms with Crippen LogP contribution >= 0.6 is 0 Å². The normalized spacial score (nSPS) is 14.9. The minimum atomic E-state index is -4.01. The summed E-state index contributed by atoms with van der Waals surface area (Å²) in [6.45, 7) is 4.79. The standard InChI is InChI=1S/C29H28N2O6S/c1-19-16-30(20(2)32)29-27(37-17-22-10-6-4-7-11-22)15-26-25(28(19)29)14-23(18-36-21(3)33)31(26)38(34,35)24-12-8-5-9-13-24/h4-13,15-16,23H,14,17-18H2,1-3H3. The summed E-state index contributed by atoms with van der Waals surface area (Å²) in [7, 11) is -4.01. The van der Waals surface area contributed by atoms with Crippen molar-refractivity contribution in [3.05, 3.63) is 89.6 Å². The molecule has 0 saturated carbocycles. The molecular weight excluding hydrogens is 504 g/mol. The molecule has 5 rings (SSSR count). The number of ether oxygens (including phenoxy) is 2. The first-order chi connectivity index (χ1) is 18.2. The highest BCUT2D eigenvalue weighted by atomic mass is 32.2. The summed E-state index contributed by atoms with van der Waals surface area (Å²) < 4.78 is 42.4. The summed E-state index contributed by atoms with van der Waals surface area (Å²) in [6, 6.07) is 18.8. The summed E-state index contributed by atoms with van der Waals surface area (Å²) in [5, 5.41) is 0.763. The van der Waals surface area contributed by atoms with Gasteiger partial charge in [0.05, 0.1) is 22.1 Å². The highest BCUT2D eigenvalue weighted by Gasteiger charge is 2.41. The van der Waals surface area contributed by atoms with Crippen LogP contribution in [0.4, 0.5) is 5.69 Å². The van der Waals surface area contributed by atoms with E-state index in [1.54, 1.807) is 47.2 Å². The zero-order valence-electron chi connectivity index (χ0n) is 21.4. The van der Waals surface area contributed by atoms with Crippen molar-refractivity contribution in [1.29, 1.82) is 0 Å². The SMILES string of the molecule is CC(=O)OCC1Cc2c(cc(OCc3ccccc3)c3c2c(C)cn3C(C)=O)N1S(=O)(=O)c1ccccc1. The van der Waals surface area contributed by atoms with E-state index in [4.69, 9.17) is 9.47 Å². The van der Waals surface area contributed by atoms with Gasteiger partial charge in [-0.3, -0.25) is 18.5 Å². The Bertz CT molecular complexity index is 1630. The van der Waals surface area contributed by atoms with Crippen molar-refractivity contribution in [3.8, 4) is 5.75 Å². The molecule has 0 spiro atoms. The molecule has 196 valence electrons. The third-order valence-corrected chi connectivity index (χ3v) is 8.55. The number of esters is 1. The lowest BCUT2D eigenvalue weighted by Crippen LogP contribution is -2.41. The fourth-order valence-electron chi connectivity index (χ4n) is 5.04. The molecule has 0 aliphatic carbocycles. The molecule has 0 bridgehead atoms. The highest BCUT2D eigenvalue weighted by Crippen LogP contribution is 2.46. The van der Waals surface area contributed by atoms with Gasteiger partial charge in [0.15, 0.2) is 0 Å². The summed E-state index contributed by atoms with van der Waals surface area (Å²) in [4.78, 5) is 24.4. The van der Waals surface area contributed by atoms with Gasteiger partial charge < -0.3 is 9.47 Å². The van der Waals surface area contributed by atoms with Crippen LogP contribution in [0.1, 0.15) is 35.3 Å².